The molecule has 0 aliphatic rings. The topological polar surface area (TPSA) is 65.5 Å². The average molecular weight is 396 g/mol. The molecule has 0 bridgehead atoms. The fourth-order valence-corrected chi connectivity index (χ4v) is 3.26. The third-order valence-electron chi connectivity index (χ3n) is 2.91. The standard InChI is InChI=1S/C16H14BrNO4S/c1-21-10-13(16(19)22-2)12-5-3-4-6-14(12)23(20)15-8-7-11(17)9-18-15/h3-10H,1-2H3. The normalized spacial score (nSPS) is 12.6. The summed E-state index contributed by atoms with van der Waals surface area (Å²) in [5, 5.41) is 0.391. The fourth-order valence-electron chi connectivity index (χ4n) is 1.88. The van der Waals surface area contributed by atoms with Crippen molar-refractivity contribution in [2.45, 2.75) is 9.92 Å². The van der Waals surface area contributed by atoms with Gasteiger partial charge in [0, 0.05) is 16.2 Å². The Balaban J connectivity index is 2.52. The van der Waals surface area contributed by atoms with Gasteiger partial charge in [-0.15, -0.1) is 0 Å². The third-order valence-corrected chi connectivity index (χ3v) is 4.75. The molecular formula is C16H14BrNO4S. The highest BCUT2D eigenvalue weighted by Crippen LogP contribution is 2.26. The van der Waals surface area contributed by atoms with E-state index >= 15 is 0 Å². The number of methoxy groups -OCH3 is 2. The molecular weight excluding hydrogens is 382 g/mol. The zero-order chi connectivity index (χ0) is 16.8. The van der Waals surface area contributed by atoms with Crippen LogP contribution in [0.25, 0.3) is 5.57 Å². The number of nitrogens with zero attached hydrogens (tertiary/aromatic N) is 1. The van der Waals surface area contributed by atoms with Crippen molar-refractivity contribution in [2.75, 3.05) is 14.2 Å². The summed E-state index contributed by atoms with van der Waals surface area (Å²) in [7, 11) is 1.16. The minimum Gasteiger partial charge on any atom is -0.503 e. The number of carbonyl (C=O) groups is 1. The maximum Gasteiger partial charge on any atom is 0.341 e. The Morgan fingerprint density at radius 2 is 1.96 bits per heavy atom. The molecule has 1 aromatic carbocycles. The van der Waals surface area contributed by atoms with E-state index in [-0.39, 0.29) is 5.57 Å². The molecule has 5 nitrogen and oxygen atoms in total. The van der Waals surface area contributed by atoms with Crippen LogP contribution in [-0.4, -0.2) is 29.4 Å². The minimum absolute atomic E-state index is 0.191. The van der Waals surface area contributed by atoms with Gasteiger partial charge in [-0.25, -0.2) is 14.0 Å². The van der Waals surface area contributed by atoms with Crippen LogP contribution >= 0.6 is 15.9 Å². The fraction of sp³-hybridized carbons (Fsp3) is 0.125. The molecule has 1 unspecified atom stereocenters. The lowest BCUT2D eigenvalue weighted by molar-refractivity contribution is -0.133. The second-order valence-corrected chi connectivity index (χ2v) is 6.65. The number of ether oxygens (including phenoxy) is 2. The molecule has 0 amide bonds. The van der Waals surface area contributed by atoms with Crippen molar-refractivity contribution in [3.8, 4) is 0 Å². The van der Waals surface area contributed by atoms with Crippen molar-refractivity contribution in [2.24, 2.45) is 0 Å². The summed E-state index contributed by atoms with van der Waals surface area (Å²) in [6, 6.07) is 10.3. The number of esters is 1. The monoisotopic (exact) mass is 395 g/mol. The first-order valence-electron chi connectivity index (χ1n) is 6.52. The SMILES string of the molecule is COC=C(C(=O)OC)c1ccccc1S(=O)c1ccc(Br)cn1. The van der Waals surface area contributed by atoms with Crippen LogP contribution in [0.15, 0.2) is 63.3 Å². The van der Waals surface area contributed by atoms with Crippen LogP contribution in [0, 0.1) is 0 Å². The van der Waals surface area contributed by atoms with E-state index in [2.05, 4.69) is 20.9 Å². The Morgan fingerprint density at radius 3 is 2.57 bits per heavy atom. The first-order chi connectivity index (χ1) is 11.1. The molecule has 0 N–H and O–H groups in total. The van der Waals surface area contributed by atoms with Gasteiger partial charge in [-0.2, -0.15) is 0 Å². The number of rotatable bonds is 5. The van der Waals surface area contributed by atoms with Crippen LogP contribution in [0.5, 0.6) is 0 Å². The summed E-state index contributed by atoms with van der Waals surface area (Å²) in [5.41, 5.74) is 0.667. The van der Waals surface area contributed by atoms with E-state index in [1.807, 2.05) is 0 Å². The molecule has 7 heteroatoms. The number of halogens is 1. The van der Waals surface area contributed by atoms with Crippen molar-refractivity contribution < 1.29 is 18.5 Å². The van der Waals surface area contributed by atoms with Crippen LogP contribution in [-0.2, 0) is 25.1 Å². The molecule has 0 saturated heterocycles. The van der Waals surface area contributed by atoms with Crippen LogP contribution in [0.2, 0.25) is 0 Å². The number of carbonyl (C=O) groups excluding carboxylic acids is 1. The number of aromatic nitrogens is 1. The molecule has 120 valence electrons. The Labute approximate surface area is 144 Å². The van der Waals surface area contributed by atoms with E-state index in [0.717, 1.165) is 4.47 Å². The first-order valence-corrected chi connectivity index (χ1v) is 8.46. The van der Waals surface area contributed by atoms with E-state index in [4.69, 9.17) is 9.47 Å². The van der Waals surface area contributed by atoms with Crippen molar-refractivity contribution in [1.82, 2.24) is 4.98 Å². The van der Waals surface area contributed by atoms with Gasteiger partial charge in [-0.3, -0.25) is 0 Å². The van der Waals surface area contributed by atoms with Crippen molar-refractivity contribution in [3.05, 3.63) is 58.9 Å². The Morgan fingerprint density at radius 1 is 1.22 bits per heavy atom. The van der Waals surface area contributed by atoms with Crippen LogP contribution in [0.1, 0.15) is 5.56 Å². The highest BCUT2D eigenvalue weighted by atomic mass is 79.9. The summed E-state index contributed by atoms with van der Waals surface area (Å²) in [6.07, 6.45) is 2.85. The number of hydrogen-bond donors (Lipinski definition) is 0. The number of benzene rings is 1. The molecule has 0 saturated carbocycles. The zero-order valence-corrected chi connectivity index (χ0v) is 14.9. The van der Waals surface area contributed by atoms with E-state index < -0.39 is 16.8 Å². The van der Waals surface area contributed by atoms with E-state index in [9.17, 15) is 9.00 Å². The molecule has 2 aromatic rings. The molecule has 0 spiro atoms. The van der Waals surface area contributed by atoms with Crippen LogP contribution < -0.4 is 0 Å². The highest BCUT2D eigenvalue weighted by molar-refractivity contribution is 9.10. The van der Waals surface area contributed by atoms with Gasteiger partial charge >= 0.3 is 5.97 Å². The lowest BCUT2D eigenvalue weighted by Crippen LogP contribution is -2.08. The van der Waals surface area contributed by atoms with Crippen molar-refractivity contribution >= 4 is 38.3 Å². The van der Waals surface area contributed by atoms with Crippen LogP contribution in [0.4, 0.5) is 0 Å². The van der Waals surface area contributed by atoms with Crippen LogP contribution in [0.3, 0.4) is 0 Å². The Bertz CT molecular complexity index is 759. The van der Waals surface area contributed by atoms with E-state index in [0.29, 0.717) is 15.5 Å². The lowest BCUT2D eigenvalue weighted by Gasteiger charge is -2.11. The van der Waals surface area contributed by atoms with Gasteiger partial charge in [0.2, 0.25) is 0 Å². The molecule has 0 fully saturated rings. The maximum atomic E-state index is 12.8. The quantitative estimate of drug-likeness (QED) is 0.441. The highest BCUT2D eigenvalue weighted by Gasteiger charge is 2.20. The van der Waals surface area contributed by atoms with E-state index in [1.54, 1.807) is 42.6 Å². The summed E-state index contributed by atoms with van der Waals surface area (Å²) in [4.78, 5) is 16.6. The Kier molecular flexibility index (Phi) is 6.06. The van der Waals surface area contributed by atoms with Gasteiger partial charge in [-0.05, 0) is 34.1 Å². The van der Waals surface area contributed by atoms with E-state index in [1.165, 1.54) is 20.5 Å². The molecule has 2 rings (SSSR count). The maximum absolute atomic E-state index is 12.8. The van der Waals surface area contributed by atoms with Crippen molar-refractivity contribution in [3.63, 3.8) is 0 Å². The third kappa shape index (κ3) is 4.05. The number of pyridine rings is 1. The summed E-state index contributed by atoms with van der Waals surface area (Å²) >= 11 is 3.29. The molecule has 1 aromatic heterocycles. The Hall–Kier alpha value is -1.99. The molecule has 23 heavy (non-hydrogen) atoms. The van der Waals surface area contributed by atoms with Gasteiger partial charge in [0.25, 0.3) is 0 Å². The van der Waals surface area contributed by atoms with Gasteiger partial charge in [0.05, 0.1) is 25.4 Å². The predicted molar refractivity (Wildman–Crippen MR) is 90.1 cm³/mol. The molecule has 0 aliphatic heterocycles. The molecule has 1 heterocycles. The van der Waals surface area contributed by atoms with Gasteiger partial charge in [0.1, 0.15) is 21.4 Å². The number of hydrogen-bond acceptors (Lipinski definition) is 5. The smallest absolute Gasteiger partial charge is 0.341 e. The summed E-state index contributed by atoms with van der Waals surface area (Å²) < 4.78 is 23.3. The predicted octanol–water partition coefficient (Wildman–Crippen LogP) is 3.17. The lowest BCUT2D eigenvalue weighted by atomic mass is 10.1. The zero-order valence-electron chi connectivity index (χ0n) is 12.5. The first kappa shape index (κ1) is 17.4. The summed E-state index contributed by atoms with van der Waals surface area (Å²) in [6.45, 7) is 0. The second kappa shape index (κ2) is 8.03. The minimum atomic E-state index is -1.55. The van der Waals surface area contributed by atoms with Gasteiger partial charge in [-0.1, -0.05) is 18.2 Å². The summed E-state index contributed by atoms with van der Waals surface area (Å²) in [5.74, 6) is -0.569. The molecule has 0 aliphatic carbocycles. The van der Waals surface area contributed by atoms with Gasteiger partial charge in [0.15, 0.2) is 0 Å². The second-order valence-electron chi connectivity index (χ2n) is 4.34. The van der Waals surface area contributed by atoms with Gasteiger partial charge < -0.3 is 9.47 Å². The molecule has 1 atom stereocenters. The average Bonchev–Trinajstić information content (AvgIpc) is 2.59. The molecule has 0 radical (unpaired) electrons. The van der Waals surface area contributed by atoms with Crippen molar-refractivity contribution in [1.29, 1.82) is 0 Å². The largest absolute Gasteiger partial charge is 0.503 e.